The van der Waals surface area contributed by atoms with Crippen molar-refractivity contribution in [3.05, 3.63) is 38.3 Å². The number of nitrogens with zero attached hydrogens (tertiary/aromatic N) is 1. The van der Waals surface area contributed by atoms with E-state index in [0.29, 0.717) is 10.9 Å². The van der Waals surface area contributed by atoms with Crippen molar-refractivity contribution in [2.24, 2.45) is 0 Å². The Morgan fingerprint density at radius 1 is 1.46 bits per heavy atom. The van der Waals surface area contributed by atoms with Gasteiger partial charge in [-0.3, -0.25) is 9.78 Å². The highest BCUT2D eigenvalue weighted by Crippen LogP contribution is 2.15. The number of aromatic nitrogens is 2. The van der Waals surface area contributed by atoms with Gasteiger partial charge in [0.25, 0.3) is 5.56 Å². The summed E-state index contributed by atoms with van der Waals surface area (Å²) in [6.45, 7) is 0. The maximum absolute atomic E-state index is 11.3. The molecule has 0 aliphatic rings. The van der Waals surface area contributed by atoms with E-state index in [1.807, 2.05) is 0 Å². The Hall–Kier alpha value is -0.870. The van der Waals surface area contributed by atoms with Gasteiger partial charge < -0.3 is 0 Å². The van der Waals surface area contributed by atoms with Gasteiger partial charge in [0.2, 0.25) is 5.28 Å². The summed E-state index contributed by atoms with van der Waals surface area (Å²) in [6, 6.07) is 5.23. The molecule has 13 heavy (non-hydrogen) atoms. The summed E-state index contributed by atoms with van der Waals surface area (Å²) in [5, 5.41) is 0.642. The number of halogens is 2. The lowest BCUT2D eigenvalue weighted by Gasteiger charge is -1.96. The van der Waals surface area contributed by atoms with Crippen LogP contribution < -0.4 is 5.56 Å². The van der Waals surface area contributed by atoms with Gasteiger partial charge in [0.05, 0.1) is 10.9 Å². The van der Waals surface area contributed by atoms with Crippen LogP contribution in [0.2, 0.25) is 5.28 Å². The molecule has 0 atom stereocenters. The molecular weight excluding hydrogens is 255 g/mol. The molecule has 0 amide bonds. The van der Waals surface area contributed by atoms with Crippen molar-refractivity contribution in [3.63, 3.8) is 0 Å². The summed E-state index contributed by atoms with van der Waals surface area (Å²) in [6.07, 6.45) is 0. The van der Waals surface area contributed by atoms with Crippen molar-refractivity contribution in [3.8, 4) is 0 Å². The van der Waals surface area contributed by atoms with Gasteiger partial charge in [-0.25, -0.2) is 4.98 Å². The van der Waals surface area contributed by atoms with Crippen molar-refractivity contribution < 1.29 is 0 Å². The number of aromatic amines is 1. The van der Waals surface area contributed by atoms with E-state index in [9.17, 15) is 4.79 Å². The summed E-state index contributed by atoms with van der Waals surface area (Å²) < 4.78 is 0.870. The van der Waals surface area contributed by atoms with E-state index in [-0.39, 0.29) is 10.8 Å². The minimum Gasteiger partial charge on any atom is -0.297 e. The summed E-state index contributed by atoms with van der Waals surface area (Å²) >= 11 is 8.88. The third kappa shape index (κ3) is 1.59. The largest absolute Gasteiger partial charge is 0.297 e. The molecule has 3 nitrogen and oxygen atoms in total. The van der Waals surface area contributed by atoms with Gasteiger partial charge in [0.1, 0.15) is 0 Å². The van der Waals surface area contributed by atoms with E-state index in [2.05, 4.69) is 25.9 Å². The zero-order valence-corrected chi connectivity index (χ0v) is 8.69. The number of rotatable bonds is 0. The molecule has 1 aromatic heterocycles. The van der Waals surface area contributed by atoms with Gasteiger partial charge in [0.15, 0.2) is 0 Å². The second-order valence-electron chi connectivity index (χ2n) is 2.52. The maximum atomic E-state index is 11.3. The van der Waals surface area contributed by atoms with Crippen molar-refractivity contribution in [2.75, 3.05) is 0 Å². The first kappa shape index (κ1) is 8.72. The Morgan fingerprint density at radius 2 is 2.23 bits per heavy atom. The Kier molecular flexibility index (Phi) is 2.09. The van der Waals surface area contributed by atoms with Crippen LogP contribution in [0.25, 0.3) is 10.9 Å². The molecule has 0 bridgehead atoms. The van der Waals surface area contributed by atoms with E-state index in [4.69, 9.17) is 11.6 Å². The number of hydrogen-bond acceptors (Lipinski definition) is 2. The average Bonchev–Trinajstić information content (AvgIpc) is 2.02. The Bertz CT molecular complexity index is 518. The average molecular weight is 259 g/mol. The third-order valence-corrected chi connectivity index (χ3v) is 2.31. The normalized spacial score (nSPS) is 10.6. The molecule has 0 radical (unpaired) electrons. The minimum atomic E-state index is -0.220. The fourth-order valence-electron chi connectivity index (χ4n) is 1.08. The first-order chi connectivity index (χ1) is 6.16. The predicted molar refractivity (Wildman–Crippen MR) is 55.1 cm³/mol. The van der Waals surface area contributed by atoms with Gasteiger partial charge in [-0.1, -0.05) is 15.9 Å². The van der Waals surface area contributed by atoms with Crippen LogP contribution in [0.3, 0.4) is 0 Å². The quantitative estimate of drug-likeness (QED) is 0.738. The molecule has 0 aliphatic heterocycles. The molecule has 0 saturated heterocycles. The fraction of sp³-hybridized carbons (Fsp3) is 0. The van der Waals surface area contributed by atoms with Crippen LogP contribution in [-0.2, 0) is 0 Å². The van der Waals surface area contributed by atoms with Crippen LogP contribution >= 0.6 is 27.5 Å². The zero-order valence-electron chi connectivity index (χ0n) is 6.34. The molecule has 1 heterocycles. The van der Waals surface area contributed by atoms with E-state index >= 15 is 0 Å². The van der Waals surface area contributed by atoms with Crippen molar-refractivity contribution in [2.45, 2.75) is 0 Å². The lowest BCUT2D eigenvalue weighted by atomic mass is 10.2. The van der Waals surface area contributed by atoms with E-state index in [1.54, 1.807) is 18.2 Å². The molecule has 0 unspecified atom stereocenters. The van der Waals surface area contributed by atoms with Crippen LogP contribution in [-0.4, -0.2) is 9.97 Å². The first-order valence-electron chi connectivity index (χ1n) is 3.52. The van der Waals surface area contributed by atoms with Gasteiger partial charge in [-0.2, -0.15) is 0 Å². The predicted octanol–water partition coefficient (Wildman–Crippen LogP) is 2.34. The third-order valence-electron chi connectivity index (χ3n) is 1.64. The summed E-state index contributed by atoms with van der Waals surface area (Å²) in [5.41, 5.74) is 0.366. The second kappa shape index (κ2) is 3.12. The Balaban J connectivity index is 2.95. The molecule has 1 N–H and O–H groups in total. The minimum absolute atomic E-state index is 0.107. The molecule has 0 saturated carbocycles. The lowest BCUT2D eigenvalue weighted by Crippen LogP contribution is -2.07. The zero-order chi connectivity index (χ0) is 9.42. The summed E-state index contributed by atoms with van der Waals surface area (Å²) in [4.78, 5) is 17.7. The first-order valence-corrected chi connectivity index (χ1v) is 4.69. The molecule has 1 aromatic carbocycles. The van der Waals surface area contributed by atoms with E-state index in [1.165, 1.54) is 0 Å². The molecule has 0 aliphatic carbocycles. The molecule has 0 spiro atoms. The summed E-state index contributed by atoms with van der Waals surface area (Å²) in [7, 11) is 0. The van der Waals surface area contributed by atoms with Crippen molar-refractivity contribution in [1.82, 2.24) is 9.97 Å². The number of benzene rings is 1. The fourth-order valence-corrected chi connectivity index (χ4v) is 1.61. The van der Waals surface area contributed by atoms with Crippen molar-refractivity contribution in [1.29, 1.82) is 0 Å². The number of fused-ring (bicyclic) bond motifs is 1. The molecular formula is C8H4BrClN2O. The van der Waals surface area contributed by atoms with Gasteiger partial charge >= 0.3 is 0 Å². The number of H-pyrrole nitrogens is 1. The molecule has 2 aromatic rings. The highest BCUT2D eigenvalue weighted by Gasteiger charge is 2.01. The molecule has 66 valence electrons. The molecule has 2 rings (SSSR count). The maximum Gasteiger partial charge on any atom is 0.259 e. The second-order valence-corrected chi connectivity index (χ2v) is 3.79. The van der Waals surface area contributed by atoms with Crippen LogP contribution in [0.5, 0.6) is 0 Å². The highest BCUT2D eigenvalue weighted by atomic mass is 79.9. The Labute approximate surface area is 86.9 Å². The SMILES string of the molecule is O=c1[nH]c(Cl)nc2cc(Br)ccc12. The van der Waals surface area contributed by atoms with Crippen LogP contribution in [0.4, 0.5) is 0 Å². The highest BCUT2D eigenvalue weighted by molar-refractivity contribution is 9.10. The van der Waals surface area contributed by atoms with Crippen LogP contribution in [0, 0.1) is 0 Å². The molecule has 5 heteroatoms. The van der Waals surface area contributed by atoms with Crippen molar-refractivity contribution >= 4 is 38.4 Å². The molecule has 0 fully saturated rings. The number of nitrogens with one attached hydrogen (secondary N) is 1. The van der Waals surface area contributed by atoms with Gasteiger partial charge in [-0.05, 0) is 29.8 Å². The number of hydrogen-bond donors (Lipinski definition) is 1. The van der Waals surface area contributed by atoms with Gasteiger partial charge in [-0.15, -0.1) is 0 Å². The summed E-state index contributed by atoms with van der Waals surface area (Å²) in [5.74, 6) is 0. The van der Waals surface area contributed by atoms with E-state index in [0.717, 1.165) is 4.47 Å². The van der Waals surface area contributed by atoms with E-state index < -0.39 is 0 Å². The van der Waals surface area contributed by atoms with Crippen LogP contribution in [0.1, 0.15) is 0 Å². The Morgan fingerprint density at radius 3 is 3.00 bits per heavy atom. The lowest BCUT2D eigenvalue weighted by molar-refractivity contribution is 1.17. The van der Waals surface area contributed by atoms with Crippen LogP contribution in [0.15, 0.2) is 27.5 Å². The van der Waals surface area contributed by atoms with Gasteiger partial charge in [0, 0.05) is 4.47 Å². The standard InChI is InChI=1S/C8H4BrClN2O/c9-4-1-2-5-6(3-4)11-8(10)12-7(5)13/h1-3H,(H,11,12,13). The smallest absolute Gasteiger partial charge is 0.259 e. The monoisotopic (exact) mass is 258 g/mol. The topological polar surface area (TPSA) is 45.8 Å².